The van der Waals surface area contributed by atoms with Crippen LogP contribution in [0, 0.1) is 0 Å². The Morgan fingerprint density at radius 1 is 1.35 bits per heavy atom. The molecule has 1 fully saturated rings. The van der Waals surface area contributed by atoms with E-state index in [2.05, 4.69) is 5.32 Å². The van der Waals surface area contributed by atoms with E-state index < -0.39 is 12.2 Å². The summed E-state index contributed by atoms with van der Waals surface area (Å²) in [5.41, 5.74) is 1.93. The molecule has 0 radical (unpaired) electrons. The summed E-state index contributed by atoms with van der Waals surface area (Å²) in [6.45, 7) is 2.85. The Morgan fingerprint density at radius 3 is 2.70 bits per heavy atom. The van der Waals surface area contributed by atoms with Gasteiger partial charge in [0.25, 0.3) is 0 Å². The van der Waals surface area contributed by atoms with Crippen LogP contribution in [-0.2, 0) is 11.3 Å². The first-order valence-corrected chi connectivity index (χ1v) is 7.09. The molecule has 0 spiro atoms. The van der Waals surface area contributed by atoms with E-state index in [9.17, 15) is 10.2 Å². The summed E-state index contributed by atoms with van der Waals surface area (Å²) in [6, 6.07) is 5.69. The van der Waals surface area contributed by atoms with Crippen LogP contribution in [0.4, 0.5) is 5.69 Å². The molecule has 20 heavy (non-hydrogen) atoms. The van der Waals surface area contributed by atoms with Crippen molar-refractivity contribution in [3.63, 3.8) is 0 Å². The molecule has 1 aliphatic heterocycles. The number of halogens is 1. The summed E-state index contributed by atoms with van der Waals surface area (Å²) in [6.07, 6.45) is -1.41. The molecule has 0 bridgehead atoms. The molecule has 1 heterocycles. The largest absolute Gasteiger partial charge is 0.389 e. The van der Waals surface area contributed by atoms with Gasteiger partial charge in [-0.15, -0.1) is 0 Å². The fraction of sp³-hybridized carbons (Fsp3) is 0.571. The maximum absolute atomic E-state index is 9.68. The highest BCUT2D eigenvalue weighted by Gasteiger charge is 2.30. The number of anilines is 1. The lowest BCUT2D eigenvalue weighted by Gasteiger charge is -2.22. The summed E-state index contributed by atoms with van der Waals surface area (Å²) in [5, 5.41) is 23.3. The van der Waals surface area contributed by atoms with Crippen molar-refractivity contribution in [2.24, 2.45) is 0 Å². The van der Waals surface area contributed by atoms with Gasteiger partial charge in [-0.3, -0.25) is 0 Å². The number of methoxy groups -OCH3 is 1. The Bertz CT molecular complexity index is 434. The minimum atomic E-state index is -0.705. The van der Waals surface area contributed by atoms with E-state index in [1.807, 2.05) is 23.1 Å². The van der Waals surface area contributed by atoms with Gasteiger partial charge in [0.2, 0.25) is 0 Å². The van der Waals surface area contributed by atoms with Crippen LogP contribution < -0.4 is 10.2 Å². The Hall–Kier alpha value is -0.850. The second-order valence-electron chi connectivity index (χ2n) is 4.95. The summed E-state index contributed by atoms with van der Waals surface area (Å²) >= 11 is 6.27. The predicted molar refractivity (Wildman–Crippen MR) is 79.3 cm³/mol. The number of hydrogen-bond donors (Lipinski definition) is 3. The summed E-state index contributed by atoms with van der Waals surface area (Å²) in [5.74, 6) is 0. The van der Waals surface area contributed by atoms with Gasteiger partial charge < -0.3 is 25.2 Å². The first-order valence-electron chi connectivity index (χ1n) is 6.71. The van der Waals surface area contributed by atoms with Crippen LogP contribution in [0.1, 0.15) is 5.56 Å². The van der Waals surface area contributed by atoms with Crippen molar-refractivity contribution in [1.29, 1.82) is 0 Å². The van der Waals surface area contributed by atoms with Crippen molar-refractivity contribution in [3.05, 3.63) is 28.8 Å². The fourth-order valence-electron chi connectivity index (χ4n) is 2.37. The zero-order chi connectivity index (χ0) is 14.5. The summed E-state index contributed by atoms with van der Waals surface area (Å²) in [7, 11) is 1.66. The maximum atomic E-state index is 9.68. The van der Waals surface area contributed by atoms with Gasteiger partial charge in [0, 0.05) is 49.6 Å². The van der Waals surface area contributed by atoms with Crippen molar-refractivity contribution in [3.8, 4) is 0 Å². The number of nitrogens with zero attached hydrogens (tertiary/aromatic N) is 1. The quantitative estimate of drug-likeness (QED) is 0.672. The average molecular weight is 301 g/mol. The molecule has 6 heteroatoms. The van der Waals surface area contributed by atoms with Gasteiger partial charge in [-0.2, -0.15) is 0 Å². The van der Waals surface area contributed by atoms with Gasteiger partial charge in [0.15, 0.2) is 0 Å². The SMILES string of the molecule is COCCNCc1c(Cl)cccc1N1CC(O)C(O)C1. The molecule has 5 nitrogen and oxygen atoms in total. The third-order valence-corrected chi connectivity index (χ3v) is 3.83. The highest BCUT2D eigenvalue weighted by molar-refractivity contribution is 6.31. The first-order chi connectivity index (χ1) is 9.63. The normalized spacial score (nSPS) is 22.5. The molecule has 2 unspecified atom stereocenters. The molecule has 0 aromatic heterocycles. The number of nitrogens with one attached hydrogen (secondary N) is 1. The second kappa shape index (κ2) is 7.24. The molecular formula is C14H21ClN2O3. The van der Waals surface area contributed by atoms with Gasteiger partial charge in [-0.1, -0.05) is 17.7 Å². The molecule has 1 aliphatic rings. The maximum Gasteiger partial charge on any atom is 0.0990 e. The van der Waals surface area contributed by atoms with Gasteiger partial charge in [0.1, 0.15) is 0 Å². The number of hydrogen-bond acceptors (Lipinski definition) is 5. The van der Waals surface area contributed by atoms with Crippen LogP contribution in [0.2, 0.25) is 5.02 Å². The lowest BCUT2D eigenvalue weighted by molar-refractivity contribution is 0.0572. The molecule has 1 saturated heterocycles. The smallest absolute Gasteiger partial charge is 0.0990 e. The number of β-amino-alcohol motifs (C(OH)–C–C–N with tert-alkyl or cyclic N) is 2. The third kappa shape index (κ3) is 3.62. The Morgan fingerprint density at radius 2 is 2.05 bits per heavy atom. The second-order valence-corrected chi connectivity index (χ2v) is 5.35. The van der Waals surface area contributed by atoms with Crippen LogP contribution >= 0.6 is 11.6 Å². The van der Waals surface area contributed by atoms with E-state index in [0.29, 0.717) is 31.3 Å². The van der Waals surface area contributed by atoms with Crippen LogP contribution in [0.15, 0.2) is 18.2 Å². The van der Waals surface area contributed by atoms with Crippen LogP contribution in [-0.4, -0.2) is 55.8 Å². The zero-order valence-electron chi connectivity index (χ0n) is 11.6. The molecular weight excluding hydrogens is 280 g/mol. The van der Waals surface area contributed by atoms with Gasteiger partial charge >= 0.3 is 0 Å². The lowest BCUT2D eigenvalue weighted by atomic mass is 10.1. The molecule has 3 N–H and O–H groups in total. The number of aliphatic hydroxyl groups is 2. The van der Waals surface area contributed by atoms with Crippen LogP contribution in [0.3, 0.4) is 0 Å². The van der Waals surface area contributed by atoms with E-state index in [1.165, 1.54) is 0 Å². The molecule has 2 atom stereocenters. The summed E-state index contributed by atoms with van der Waals surface area (Å²) < 4.78 is 5.00. The van der Waals surface area contributed by atoms with E-state index in [-0.39, 0.29) is 0 Å². The van der Waals surface area contributed by atoms with Gasteiger partial charge in [-0.25, -0.2) is 0 Å². The molecule has 1 aromatic carbocycles. The molecule has 112 valence electrons. The van der Waals surface area contributed by atoms with Crippen molar-refractivity contribution >= 4 is 17.3 Å². The van der Waals surface area contributed by atoms with Gasteiger partial charge in [0.05, 0.1) is 18.8 Å². The Balaban J connectivity index is 2.10. The van der Waals surface area contributed by atoms with E-state index >= 15 is 0 Å². The number of rotatable bonds is 6. The monoisotopic (exact) mass is 300 g/mol. The predicted octanol–water partition coefficient (Wildman–Crippen LogP) is 0.618. The van der Waals surface area contributed by atoms with Crippen molar-refractivity contribution in [2.75, 3.05) is 38.3 Å². The minimum absolute atomic E-state index is 0.423. The number of ether oxygens (including phenoxy) is 1. The number of benzene rings is 1. The minimum Gasteiger partial charge on any atom is -0.389 e. The standard InChI is InChI=1S/C14H21ClN2O3/c1-20-6-5-16-7-10-11(15)3-2-4-12(10)17-8-13(18)14(19)9-17/h2-4,13-14,16,18-19H,5-9H2,1H3. The molecule has 1 aromatic rings. The van der Waals surface area contributed by atoms with Gasteiger partial charge in [-0.05, 0) is 12.1 Å². The lowest BCUT2D eigenvalue weighted by Crippen LogP contribution is -2.25. The molecule has 0 aliphatic carbocycles. The third-order valence-electron chi connectivity index (χ3n) is 3.48. The van der Waals surface area contributed by atoms with E-state index in [1.54, 1.807) is 7.11 Å². The van der Waals surface area contributed by atoms with Crippen molar-refractivity contribution < 1.29 is 14.9 Å². The van der Waals surface area contributed by atoms with E-state index in [0.717, 1.165) is 17.8 Å². The number of aliphatic hydroxyl groups excluding tert-OH is 2. The van der Waals surface area contributed by atoms with E-state index in [4.69, 9.17) is 16.3 Å². The Kier molecular flexibility index (Phi) is 5.63. The molecule has 2 rings (SSSR count). The van der Waals surface area contributed by atoms with Crippen molar-refractivity contribution in [1.82, 2.24) is 5.32 Å². The molecule has 0 saturated carbocycles. The van der Waals surface area contributed by atoms with Crippen LogP contribution in [0.5, 0.6) is 0 Å². The van der Waals surface area contributed by atoms with Crippen molar-refractivity contribution in [2.45, 2.75) is 18.8 Å². The molecule has 0 amide bonds. The first kappa shape index (κ1) is 15.5. The Labute approximate surface area is 124 Å². The highest BCUT2D eigenvalue weighted by Crippen LogP contribution is 2.30. The zero-order valence-corrected chi connectivity index (χ0v) is 12.3. The average Bonchev–Trinajstić information content (AvgIpc) is 2.76. The topological polar surface area (TPSA) is 65.0 Å². The van der Waals surface area contributed by atoms with Crippen LogP contribution in [0.25, 0.3) is 0 Å². The highest BCUT2D eigenvalue weighted by atomic mass is 35.5. The summed E-state index contributed by atoms with van der Waals surface area (Å²) in [4.78, 5) is 1.97. The fourth-order valence-corrected chi connectivity index (χ4v) is 2.61.